The van der Waals surface area contributed by atoms with Gasteiger partial charge in [-0.3, -0.25) is 0 Å². The van der Waals surface area contributed by atoms with Crippen LogP contribution in [0, 0.1) is 0 Å². The van der Waals surface area contributed by atoms with Gasteiger partial charge in [-0.15, -0.1) is 0 Å². The Morgan fingerprint density at radius 3 is 2.47 bits per heavy atom. The minimum atomic E-state index is -0.387. The molecule has 2 nitrogen and oxygen atoms in total. The molecule has 84 valence electrons. The van der Waals surface area contributed by atoms with Crippen LogP contribution in [-0.2, 0) is 11.2 Å². The van der Waals surface area contributed by atoms with E-state index in [2.05, 4.69) is 24.3 Å². The van der Waals surface area contributed by atoms with Crippen LogP contribution in [0.15, 0.2) is 30.3 Å². The van der Waals surface area contributed by atoms with Crippen molar-refractivity contribution in [3.05, 3.63) is 35.9 Å². The van der Waals surface area contributed by atoms with E-state index in [0.29, 0.717) is 6.61 Å². The van der Waals surface area contributed by atoms with Gasteiger partial charge in [-0.05, 0) is 32.3 Å². The molecule has 0 amide bonds. The molecule has 0 aromatic heterocycles. The van der Waals surface area contributed by atoms with Crippen LogP contribution in [0.5, 0.6) is 0 Å². The van der Waals surface area contributed by atoms with Crippen LogP contribution in [-0.4, -0.2) is 23.9 Å². The molecule has 1 aromatic carbocycles. The first-order chi connectivity index (χ1) is 7.20. The predicted octanol–water partition coefficient (Wildman–Crippen LogP) is 2.41. The van der Waals surface area contributed by atoms with Crippen molar-refractivity contribution in [2.24, 2.45) is 0 Å². The second-order valence-electron chi connectivity index (χ2n) is 3.91. The summed E-state index contributed by atoms with van der Waals surface area (Å²) in [6.45, 7) is 4.36. The van der Waals surface area contributed by atoms with Crippen molar-refractivity contribution in [1.29, 1.82) is 0 Å². The monoisotopic (exact) mass is 208 g/mol. The number of rotatable bonds is 6. The van der Waals surface area contributed by atoms with E-state index >= 15 is 0 Å². The lowest BCUT2D eigenvalue weighted by Gasteiger charge is -2.15. The highest BCUT2D eigenvalue weighted by Gasteiger charge is 2.07. The third-order valence-electron chi connectivity index (χ3n) is 2.51. The van der Waals surface area contributed by atoms with Crippen molar-refractivity contribution in [1.82, 2.24) is 0 Å². The van der Waals surface area contributed by atoms with E-state index < -0.39 is 0 Å². The topological polar surface area (TPSA) is 29.5 Å². The van der Waals surface area contributed by atoms with Gasteiger partial charge in [-0.1, -0.05) is 30.3 Å². The van der Waals surface area contributed by atoms with E-state index in [0.717, 1.165) is 12.8 Å². The lowest BCUT2D eigenvalue weighted by Crippen LogP contribution is -2.23. The van der Waals surface area contributed by atoms with Crippen molar-refractivity contribution in [3.8, 4) is 0 Å². The van der Waals surface area contributed by atoms with Crippen LogP contribution in [0.1, 0.15) is 25.8 Å². The molecule has 0 bridgehead atoms. The quantitative estimate of drug-likeness (QED) is 0.727. The van der Waals surface area contributed by atoms with Gasteiger partial charge in [0.25, 0.3) is 0 Å². The number of aliphatic hydroxyl groups is 1. The maximum Gasteiger partial charge on any atom is 0.0803 e. The van der Waals surface area contributed by atoms with E-state index in [1.807, 2.05) is 13.0 Å². The lowest BCUT2D eigenvalue weighted by atomic mass is 10.1. The summed E-state index contributed by atoms with van der Waals surface area (Å²) in [4.78, 5) is 0. The van der Waals surface area contributed by atoms with Crippen molar-refractivity contribution in [2.45, 2.75) is 38.9 Å². The first-order valence-electron chi connectivity index (χ1n) is 5.53. The van der Waals surface area contributed by atoms with Crippen molar-refractivity contribution < 1.29 is 9.84 Å². The zero-order valence-electron chi connectivity index (χ0n) is 9.52. The van der Waals surface area contributed by atoms with Gasteiger partial charge in [0.1, 0.15) is 0 Å². The number of benzene rings is 1. The zero-order valence-corrected chi connectivity index (χ0v) is 9.52. The SMILES string of the molecule is CC(OCCCc1ccccc1)[C@@H](C)O. The van der Waals surface area contributed by atoms with Crippen LogP contribution < -0.4 is 0 Å². The molecule has 0 saturated carbocycles. The molecule has 0 spiro atoms. The highest BCUT2D eigenvalue weighted by molar-refractivity contribution is 5.14. The second-order valence-corrected chi connectivity index (χ2v) is 3.91. The van der Waals surface area contributed by atoms with Gasteiger partial charge >= 0.3 is 0 Å². The van der Waals surface area contributed by atoms with Gasteiger partial charge in [0.05, 0.1) is 12.2 Å². The normalized spacial score (nSPS) is 14.9. The summed E-state index contributed by atoms with van der Waals surface area (Å²) >= 11 is 0. The van der Waals surface area contributed by atoms with Gasteiger partial charge in [0.2, 0.25) is 0 Å². The fourth-order valence-electron chi connectivity index (χ4n) is 1.33. The summed E-state index contributed by atoms with van der Waals surface area (Å²) in [5.74, 6) is 0. The molecule has 1 rings (SSSR count). The summed E-state index contributed by atoms with van der Waals surface area (Å²) < 4.78 is 5.48. The molecule has 0 fully saturated rings. The minimum absolute atomic E-state index is 0.0687. The molecule has 2 atom stereocenters. The maximum absolute atomic E-state index is 9.21. The van der Waals surface area contributed by atoms with Crippen LogP contribution in [0.4, 0.5) is 0 Å². The van der Waals surface area contributed by atoms with Crippen LogP contribution in [0.25, 0.3) is 0 Å². The molecule has 0 aliphatic rings. The van der Waals surface area contributed by atoms with E-state index in [1.165, 1.54) is 5.56 Å². The van der Waals surface area contributed by atoms with Crippen molar-refractivity contribution in [2.75, 3.05) is 6.61 Å². The number of aryl methyl sites for hydroxylation is 1. The Balaban J connectivity index is 2.12. The third kappa shape index (κ3) is 4.96. The molecule has 0 aliphatic heterocycles. The van der Waals surface area contributed by atoms with Crippen LogP contribution in [0.2, 0.25) is 0 Å². The maximum atomic E-state index is 9.21. The molecule has 15 heavy (non-hydrogen) atoms. The largest absolute Gasteiger partial charge is 0.391 e. The Bertz CT molecular complexity index is 256. The number of aliphatic hydroxyl groups excluding tert-OH is 1. The van der Waals surface area contributed by atoms with Gasteiger partial charge < -0.3 is 9.84 Å². The standard InChI is InChI=1S/C13H20O2/c1-11(14)12(2)15-10-6-9-13-7-4-3-5-8-13/h3-5,7-8,11-12,14H,6,9-10H2,1-2H3/t11-,12?/m1/s1. The molecular formula is C13H20O2. The predicted molar refractivity (Wildman–Crippen MR) is 61.9 cm³/mol. The van der Waals surface area contributed by atoms with Crippen LogP contribution in [0.3, 0.4) is 0 Å². The molecule has 0 heterocycles. The molecule has 0 saturated heterocycles. The first-order valence-corrected chi connectivity index (χ1v) is 5.53. The zero-order chi connectivity index (χ0) is 11.1. The Morgan fingerprint density at radius 1 is 1.20 bits per heavy atom. The molecule has 1 aromatic rings. The Kier molecular flexibility index (Phi) is 5.37. The molecule has 1 unspecified atom stereocenters. The Morgan fingerprint density at radius 2 is 1.87 bits per heavy atom. The Labute approximate surface area is 91.9 Å². The highest BCUT2D eigenvalue weighted by Crippen LogP contribution is 2.04. The summed E-state index contributed by atoms with van der Waals surface area (Å²) in [5, 5.41) is 9.21. The Hall–Kier alpha value is -0.860. The average Bonchev–Trinajstić information content (AvgIpc) is 2.25. The fraction of sp³-hybridized carbons (Fsp3) is 0.538. The van der Waals surface area contributed by atoms with Gasteiger partial charge in [-0.25, -0.2) is 0 Å². The van der Waals surface area contributed by atoms with Crippen molar-refractivity contribution in [3.63, 3.8) is 0 Å². The average molecular weight is 208 g/mol. The molecule has 2 heteroatoms. The number of hydrogen-bond donors (Lipinski definition) is 1. The second kappa shape index (κ2) is 6.59. The minimum Gasteiger partial charge on any atom is -0.391 e. The van der Waals surface area contributed by atoms with Crippen LogP contribution >= 0.6 is 0 Å². The van der Waals surface area contributed by atoms with E-state index in [9.17, 15) is 5.11 Å². The third-order valence-corrected chi connectivity index (χ3v) is 2.51. The number of hydrogen-bond acceptors (Lipinski definition) is 2. The smallest absolute Gasteiger partial charge is 0.0803 e. The number of ether oxygens (including phenoxy) is 1. The summed E-state index contributed by atoms with van der Waals surface area (Å²) in [6, 6.07) is 10.4. The first kappa shape index (κ1) is 12.2. The molecule has 0 aliphatic carbocycles. The molecular weight excluding hydrogens is 188 g/mol. The summed E-state index contributed by atoms with van der Waals surface area (Å²) in [7, 11) is 0. The summed E-state index contributed by atoms with van der Waals surface area (Å²) in [5.41, 5.74) is 1.34. The lowest BCUT2D eigenvalue weighted by molar-refractivity contribution is -0.0187. The van der Waals surface area contributed by atoms with Gasteiger partial charge in [0.15, 0.2) is 0 Å². The van der Waals surface area contributed by atoms with Gasteiger partial charge in [-0.2, -0.15) is 0 Å². The van der Waals surface area contributed by atoms with E-state index in [-0.39, 0.29) is 12.2 Å². The summed E-state index contributed by atoms with van der Waals surface area (Å²) in [6.07, 6.45) is 1.58. The van der Waals surface area contributed by atoms with E-state index in [4.69, 9.17) is 4.74 Å². The molecule has 1 N–H and O–H groups in total. The molecule has 0 radical (unpaired) electrons. The fourth-order valence-corrected chi connectivity index (χ4v) is 1.33. The van der Waals surface area contributed by atoms with Gasteiger partial charge in [0, 0.05) is 6.61 Å². The highest BCUT2D eigenvalue weighted by atomic mass is 16.5. The van der Waals surface area contributed by atoms with Crippen molar-refractivity contribution >= 4 is 0 Å². The van der Waals surface area contributed by atoms with E-state index in [1.54, 1.807) is 6.92 Å².